The summed E-state index contributed by atoms with van der Waals surface area (Å²) in [5.41, 5.74) is 1.19. The van der Waals surface area contributed by atoms with E-state index in [1.807, 2.05) is 38.3 Å². The number of hydrogen-bond acceptors (Lipinski definition) is 5. The average Bonchev–Trinajstić information content (AvgIpc) is 3.08. The van der Waals surface area contributed by atoms with E-state index in [2.05, 4.69) is 26.3 Å². The normalized spacial score (nSPS) is 17.2. The number of methoxy groups -OCH3 is 1. The fourth-order valence-electron chi connectivity index (χ4n) is 2.88. The first-order chi connectivity index (χ1) is 12.1. The maximum Gasteiger partial charge on any atom is 0.193 e. The van der Waals surface area contributed by atoms with Gasteiger partial charge in [0.2, 0.25) is 0 Å². The largest absolute Gasteiger partial charge is 0.382 e. The molecule has 1 saturated heterocycles. The van der Waals surface area contributed by atoms with Crippen molar-refractivity contribution in [3.05, 3.63) is 23.9 Å². The molecule has 1 aromatic heterocycles. The van der Waals surface area contributed by atoms with Crippen molar-refractivity contribution in [3.8, 4) is 0 Å². The first kappa shape index (κ1) is 22.9. The zero-order valence-corrected chi connectivity index (χ0v) is 18.6. The molecule has 2 heterocycles. The zero-order valence-electron chi connectivity index (χ0n) is 16.3. The van der Waals surface area contributed by atoms with Gasteiger partial charge in [0.25, 0.3) is 0 Å². The Labute approximate surface area is 174 Å². The Balaban J connectivity index is 0.00000338. The van der Waals surface area contributed by atoms with Crippen molar-refractivity contribution in [2.45, 2.75) is 13.0 Å². The topological polar surface area (TPSA) is 62.2 Å². The van der Waals surface area contributed by atoms with Gasteiger partial charge in [0.1, 0.15) is 5.82 Å². The molecule has 0 aromatic carbocycles. The highest BCUT2D eigenvalue weighted by Crippen LogP contribution is 2.17. The average molecular weight is 477 g/mol. The number of pyridine rings is 1. The molecule has 1 aromatic rings. The van der Waals surface area contributed by atoms with Crippen molar-refractivity contribution >= 4 is 35.8 Å². The van der Waals surface area contributed by atoms with Crippen LogP contribution < -0.4 is 10.2 Å². The number of ether oxygens (including phenoxy) is 2. The van der Waals surface area contributed by atoms with Gasteiger partial charge >= 0.3 is 0 Å². The van der Waals surface area contributed by atoms with Crippen molar-refractivity contribution in [1.82, 2.24) is 15.2 Å². The summed E-state index contributed by atoms with van der Waals surface area (Å²) in [5.74, 6) is 2.46. The van der Waals surface area contributed by atoms with Crippen LogP contribution in [0.2, 0.25) is 0 Å². The number of likely N-dealkylation sites (tertiary alicyclic amines) is 1. The SMILES string of the molecule is CN=C(NCc1ccnc(N(C)C)c1)N1CCC(COCCOC)C1.I. The van der Waals surface area contributed by atoms with Crippen molar-refractivity contribution in [1.29, 1.82) is 0 Å². The lowest BCUT2D eigenvalue weighted by Gasteiger charge is -2.22. The number of aromatic nitrogens is 1. The standard InChI is InChI=1S/C18H31N5O2.HI/c1-19-18(21-12-15-5-7-20-17(11-15)22(2)3)23-8-6-16(13-23)14-25-10-9-24-4;/h5,7,11,16H,6,8-10,12-14H2,1-4H3,(H,19,21);1H. The van der Waals surface area contributed by atoms with Gasteiger partial charge in [-0.1, -0.05) is 0 Å². The maximum atomic E-state index is 5.66. The van der Waals surface area contributed by atoms with Crippen LogP contribution in [0.1, 0.15) is 12.0 Å². The number of nitrogens with one attached hydrogen (secondary N) is 1. The number of rotatable bonds is 8. The van der Waals surface area contributed by atoms with Crippen LogP contribution in [-0.4, -0.2) is 77.0 Å². The second kappa shape index (κ2) is 12.3. The third kappa shape index (κ3) is 7.24. The van der Waals surface area contributed by atoms with Gasteiger partial charge in [-0.2, -0.15) is 0 Å². The second-order valence-electron chi connectivity index (χ2n) is 6.49. The number of halogens is 1. The molecule has 0 amide bonds. The Morgan fingerprint density at radius 1 is 1.42 bits per heavy atom. The molecule has 0 bridgehead atoms. The van der Waals surface area contributed by atoms with E-state index in [0.717, 1.165) is 44.4 Å². The summed E-state index contributed by atoms with van der Waals surface area (Å²) in [6, 6.07) is 4.13. The molecule has 1 N–H and O–H groups in total. The van der Waals surface area contributed by atoms with Gasteiger partial charge in [-0.25, -0.2) is 4.98 Å². The van der Waals surface area contributed by atoms with Crippen LogP contribution >= 0.6 is 24.0 Å². The maximum absolute atomic E-state index is 5.66. The quantitative estimate of drug-likeness (QED) is 0.267. The van der Waals surface area contributed by atoms with Crippen molar-refractivity contribution in [2.24, 2.45) is 10.9 Å². The Morgan fingerprint density at radius 3 is 2.92 bits per heavy atom. The van der Waals surface area contributed by atoms with Gasteiger partial charge in [-0.3, -0.25) is 4.99 Å². The minimum Gasteiger partial charge on any atom is -0.382 e. The summed E-state index contributed by atoms with van der Waals surface area (Å²) >= 11 is 0. The van der Waals surface area contributed by atoms with E-state index in [4.69, 9.17) is 9.47 Å². The number of hydrogen-bond donors (Lipinski definition) is 1. The Kier molecular flexibility index (Phi) is 10.8. The van der Waals surface area contributed by atoms with E-state index >= 15 is 0 Å². The minimum absolute atomic E-state index is 0. The summed E-state index contributed by atoms with van der Waals surface area (Å²) in [5, 5.41) is 3.46. The van der Waals surface area contributed by atoms with Gasteiger partial charge in [0, 0.05) is 60.0 Å². The summed E-state index contributed by atoms with van der Waals surface area (Å²) in [7, 11) is 7.53. The number of anilines is 1. The highest BCUT2D eigenvalue weighted by atomic mass is 127. The van der Waals surface area contributed by atoms with Gasteiger partial charge in [0.05, 0.1) is 19.8 Å². The Morgan fingerprint density at radius 2 is 2.23 bits per heavy atom. The molecule has 1 aliphatic rings. The van der Waals surface area contributed by atoms with Crippen LogP contribution in [0.3, 0.4) is 0 Å². The summed E-state index contributed by atoms with van der Waals surface area (Å²) in [4.78, 5) is 13.1. The van der Waals surface area contributed by atoms with Gasteiger partial charge in [-0.15, -0.1) is 24.0 Å². The molecule has 1 fully saturated rings. The molecule has 7 nitrogen and oxygen atoms in total. The summed E-state index contributed by atoms with van der Waals surface area (Å²) < 4.78 is 10.7. The zero-order chi connectivity index (χ0) is 18.1. The summed E-state index contributed by atoms with van der Waals surface area (Å²) in [6.45, 7) is 4.83. The fraction of sp³-hybridized carbons (Fsp3) is 0.667. The first-order valence-electron chi connectivity index (χ1n) is 8.78. The molecule has 0 spiro atoms. The number of aliphatic imine (C=N–C) groups is 1. The van der Waals surface area contributed by atoms with E-state index in [1.165, 1.54) is 5.56 Å². The molecule has 0 saturated carbocycles. The second-order valence-corrected chi connectivity index (χ2v) is 6.49. The molecule has 0 aliphatic carbocycles. The molecular formula is C18H32IN5O2. The lowest BCUT2D eigenvalue weighted by molar-refractivity contribution is 0.0536. The lowest BCUT2D eigenvalue weighted by atomic mass is 10.1. The van der Waals surface area contributed by atoms with Crippen molar-refractivity contribution in [2.75, 3.05) is 66.1 Å². The molecule has 1 atom stereocenters. The molecule has 1 aliphatic heterocycles. The van der Waals surface area contributed by atoms with Crippen LogP contribution in [0, 0.1) is 5.92 Å². The van der Waals surface area contributed by atoms with Gasteiger partial charge < -0.3 is 24.6 Å². The van der Waals surface area contributed by atoms with E-state index in [-0.39, 0.29) is 24.0 Å². The first-order valence-corrected chi connectivity index (χ1v) is 8.78. The predicted molar refractivity (Wildman–Crippen MR) is 117 cm³/mol. The monoisotopic (exact) mass is 477 g/mol. The van der Waals surface area contributed by atoms with Crippen LogP contribution in [0.4, 0.5) is 5.82 Å². The van der Waals surface area contributed by atoms with Crippen LogP contribution in [-0.2, 0) is 16.0 Å². The molecular weight excluding hydrogens is 445 g/mol. The third-order valence-corrected chi connectivity index (χ3v) is 4.30. The van der Waals surface area contributed by atoms with E-state index < -0.39 is 0 Å². The van der Waals surface area contributed by atoms with Crippen molar-refractivity contribution < 1.29 is 9.47 Å². The molecule has 26 heavy (non-hydrogen) atoms. The minimum atomic E-state index is 0. The van der Waals surface area contributed by atoms with Crippen molar-refractivity contribution in [3.63, 3.8) is 0 Å². The number of nitrogens with zero attached hydrogens (tertiary/aromatic N) is 4. The van der Waals surface area contributed by atoms with E-state index in [0.29, 0.717) is 19.1 Å². The summed E-state index contributed by atoms with van der Waals surface area (Å²) in [6.07, 6.45) is 2.98. The fourth-order valence-corrected chi connectivity index (χ4v) is 2.88. The smallest absolute Gasteiger partial charge is 0.193 e. The molecule has 2 rings (SSSR count). The van der Waals surface area contributed by atoms with E-state index in [1.54, 1.807) is 7.11 Å². The highest BCUT2D eigenvalue weighted by molar-refractivity contribution is 14.0. The lowest BCUT2D eigenvalue weighted by Crippen LogP contribution is -2.39. The molecule has 0 radical (unpaired) electrons. The Hall–Kier alpha value is -1.13. The highest BCUT2D eigenvalue weighted by Gasteiger charge is 2.24. The Bertz CT molecular complexity index is 556. The molecule has 148 valence electrons. The van der Waals surface area contributed by atoms with Gasteiger partial charge in [-0.05, 0) is 24.1 Å². The molecule has 8 heteroatoms. The van der Waals surface area contributed by atoms with Crippen LogP contribution in [0.15, 0.2) is 23.3 Å². The third-order valence-electron chi connectivity index (χ3n) is 4.30. The predicted octanol–water partition coefficient (Wildman–Crippen LogP) is 1.83. The molecule has 1 unspecified atom stereocenters. The van der Waals surface area contributed by atoms with E-state index in [9.17, 15) is 0 Å². The van der Waals surface area contributed by atoms with Gasteiger partial charge in [0.15, 0.2) is 5.96 Å². The van der Waals surface area contributed by atoms with Crippen LogP contribution in [0.5, 0.6) is 0 Å². The number of guanidine groups is 1. The van der Waals surface area contributed by atoms with Crippen LogP contribution in [0.25, 0.3) is 0 Å².